The molecule has 2 aromatic rings. The maximum absolute atomic E-state index is 5.69. The summed E-state index contributed by atoms with van der Waals surface area (Å²) >= 11 is 11.4. The Morgan fingerprint density at radius 1 is 0.800 bits per heavy atom. The van der Waals surface area contributed by atoms with E-state index in [2.05, 4.69) is 42.0 Å². The number of anilines is 2. The molecule has 158 valence electrons. The molecule has 2 fully saturated rings. The van der Waals surface area contributed by atoms with Crippen molar-refractivity contribution in [2.24, 2.45) is 16.7 Å². The number of rotatable bonds is 4. The van der Waals surface area contributed by atoms with E-state index < -0.39 is 0 Å². The van der Waals surface area contributed by atoms with Crippen LogP contribution >= 0.6 is 24.4 Å². The highest BCUT2D eigenvalue weighted by Gasteiger charge is 2.66. The molecule has 0 radical (unpaired) electrons. The highest BCUT2D eigenvalue weighted by molar-refractivity contribution is 7.80. The monoisotopic (exact) mass is 438 g/mol. The maximum Gasteiger partial charge on any atom is 0.171 e. The smallest absolute Gasteiger partial charge is 0.171 e. The molecule has 6 heteroatoms. The number of nitrogens with one attached hydrogen (secondary N) is 4. The van der Waals surface area contributed by atoms with Crippen molar-refractivity contribution < 1.29 is 0 Å². The first-order chi connectivity index (χ1) is 14.3. The minimum Gasteiger partial charge on any atom is -0.357 e. The lowest BCUT2D eigenvalue weighted by atomic mass is 9.69. The summed E-state index contributed by atoms with van der Waals surface area (Å²) in [5.41, 5.74) is 2.30. The van der Waals surface area contributed by atoms with Crippen LogP contribution in [0.3, 0.4) is 0 Å². The van der Waals surface area contributed by atoms with Crippen LogP contribution in [0, 0.1) is 16.7 Å². The van der Waals surface area contributed by atoms with Gasteiger partial charge >= 0.3 is 0 Å². The number of benzene rings is 2. The van der Waals surface area contributed by atoms with Crippen LogP contribution in [0.25, 0.3) is 0 Å². The maximum atomic E-state index is 5.69. The zero-order valence-corrected chi connectivity index (χ0v) is 19.4. The molecule has 4 atom stereocenters. The Morgan fingerprint density at radius 2 is 1.30 bits per heavy atom. The summed E-state index contributed by atoms with van der Waals surface area (Å²) < 4.78 is 0. The van der Waals surface area contributed by atoms with Gasteiger partial charge in [0, 0.05) is 11.4 Å². The summed E-state index contributed by atoms with van der Waals surface area (Å²) in [5.74, 6) is 0.523. The lowest BCUT2D eigenvalue weighted by Crippen LogP contribution is -2.58. The van der Waals surface area contributed by atoms with E-state index in [9.17, 15) is 0 Å². The van der Waals surface area contributed by atoms with Gasteiger partial charge in [0.05, 0.1) is 12.1 Å². The molecule has 4 rings (SSSR count). The number of para-hydroxylation sites is 2. The van der Waals surface area contributed by atoms with Crippen molar-refractivity contribution in [1.29, 1.82) is 0 Å². The minimum absolute atomic E-state index is 0.125. The van der Waals surface area contributed by atoms with E-state index in [0.717, 1.165) is 11.4 Å². The van der Waals surface area contributed by atoms with Gasteiger partial charge < -0.3 is 21.3 Å². The van der Waals surface area contributed by atoms with Gasteiger partial charge in [-0.25, -0.2) is 0 Å². The normalized spacial score (nSPS) is 28.6. The van der Waals surface area contributed by atoms with Crippen LogP contribution in [-0.2, 0) is 0 Å². The number of hydrogen-bond acceptors (Lipinski definition) is 2. The number of fused-ring (bicyclic) bond motifs is 2. The van der Waals surface area contributed by atoms with Gasteiger partial charge in [0.25, 0.3) is 0 Å². The average molecular weight is 439 g/mol. The number of hydrogen-bond donors (Lipinski definition) is 4. The summed E-state index contributed by atoms with van der Waals surface area (Å²) in [6.45, 7) is 7.18. The van der Waals surface area contributed by atoms with Crippen molar-refractivity contribution in [3.63, 3.8) is 0 Å². The predicted octanol–water partition coefficient (Wildman–Crippen LogP) is 5.15. The summed E-state index contributed by atoms with van der Waals surface area (Å²) in [5, 5.41) is 15.2. The molecule has 0 spiro atoms. The van der Waals surface area contributed by atoms with Crippen molar-refractivity contribution in [1.82, 2.24) is 10.6 Å². The van der Waals surface area contributed by atoms with E-state index >= 15 is 0 Å². The van der Waals surface area contributed by atoms with Crippen molar-refractivity contribution in [3.05, 3.63) is 60.7 Å². The van der Waals surface area contributed by atoms with Crippen molar-refractivity contribution >= 4 is 46.0 Å². The van der Waals surface area contributed by atoms with Gasteiger partial charge in [0.1, 0.15) is 0 Å². The van der Waals surface area contributed by atoms with E-state index in [4.69, 9.17) is 24.4 Å². The Kier molecular flexibility index (Phi) is 5.73. The molecule has 0 heterocycles. The highest BCUT2D eigenvalue weighted by atomic mass is 32.1. The molecule has 30 heavy (non-hydrogen) atoms. The molecule has 4 nitrogen and oxygen atoms in total. The fourth-order valence-electron chi connectivity index (χ4n) is 5.48. The van der Waals surface area contributed by atoms with Crippen LogP contribution in [0.2, 0.25) is 0 Å². The Labute approximate surface area is 190 Å². The molecule has 0 saturated heterocycles. The molecule has 2 aliphatic rings. The molecular formula is C24H30N4S2. The third-order valence-electron chi connectivity index (χ3n) is 7.50. The Hall–Kier alpha value is -2.18. The zero-order chi connectivity index (χ0) is 21.4. The Bertz CT molecular complexity index is 915. The number of thiocarbonyl (C=S) groups is 2. The lowest BCUT2D eigenvalue weighted by Gasteiger charge is -2.41. The van der Waals surface area contributed by atoms with Gasteiger partial charge in [0.15, 0.2) is 10.2 Å². The van der Waals surface area contributed by atoms with E-state index in [1.165, 1.54) is 12.8 Å². The lowest BCUT2D eigenvalue weighted by molar-refractivity contribution is 0.129. The SMILES string of the molecule is CC1(C)[C@@H]2CC[C@]1(C)[C@H](NC(=S)Nc1ccccc1)[C@@H]2NC(=S)Nc1ccccc1. The highest BCUT2D eigenvalue weighted by Crippen LogP contribution is 2.65. The van der Waals surface area contributed by atoms with Crippen LogP contribution < -0.4 is 21.3 Å². The fourth-order valence-corrected chi connectivity index (χ4v) is 5.98. The minimum atomic E-state index is 0.125. The average Bonchev–Trinajstić information content (AvgIpc) is 3.03. The third-order valence-corrected chi connectivity index (χ3v) is 7.94. The van der Waals surface area contributed by atoms with Gasteiger partial charge in [-0.05, 0) is 78.3 Å². The summed E-state index contributed by atoms with van der Waals surface area (Å²) in [6, 6.07) is 20.5. The van der Waals surface area contributed by atoms with E-state index in [1.54, 1.807) is 0 Å². The molecule has 2 saturated carbocycles. The molecular weight excluding hydrogens is 408 g/mol. The van der Waals surface area contributed by atoms with Gasteiger partial charge in [0.2, 0.25) is 0 Å². The quantitative estimate of drug-likeness (QED) is 0.495. The first kappa shape index (κ1) is 21.1. The third kappa shape index (κ3) is 3.79. The van der Waals surface area contributed by atoms with E-state index in [1.807, 2.05) is 60.7 Å². The largest absolute Gasteiger partial charge is 0.357 e. The van der Waals surface area contributed by atoms with Gasteiger partial charge in [-0.3, -0.25) is 0 Å². The molecule has 2 aliphatic carbocycles. The van der Waals surface area contributed by atoms with E-state index in [0.29, 0.717) is 16.1 Å². The van der Waals surface area contributed by atoms with Crippen LogP contribution in [0.15, 0.2) is 60.7 Å². The summed E-state index contributed by atoms with van der Waals surface area (Å²) in [4.78, 5) is 0. The van der Waals surface area contributed by atoms with Crippen LogP contribution in [0.5, 0.6) is 0 Å². The molecule has 0 unspecified atom stereocenters. The zero-order valence-electron chi connectivity index (χ0n) is 17.7. The van der Waals surface area contributed by atoms with Gasteiger partial charge in [-0.15, -0.1) is 0 Å². The topological polar surface area (TPSA) is 48.1 Å². The first-order valence-corrected chi connectivity index (χ1v) is 11.4. The van der Waals surface area contributed by atoms with Gasteiger partial charge in [-0.1, -0.05) is 57.2 Å². The molecule has 2 aromatic carbocycles. The second-order valence-corrected chi connectivity index (χ2v) is 10.0. The fraction of sp³-hybridized carbons (Fsp3) is 0.417. The van der Waals surface area contributed by atoms with Crippen molar-refractivity contribution in [3.8, 4) is 0 Å². The van der Waals surface area contributed by atoms with Crippen molar-refractivity contribution in [2.45, 2.75) is 45.7 Å². The molecule has 0 aromatic heterocycles. The second-order valence-electron chi connectivity index (χ2n) is 9.22. The van der Waals surface area contributed by atoms with Crippen LogP contribution in [-0.4, -0.2) is 22.3 Å². The van der Waals surface area contributed by atoms with E-state index in [-0.39, 0.29) is 22.9 Å². The molecule has 0 aliphatic heterocycles. The summed E-state index contributed by atoms with van der Waals surface area (Å²) in [6.07, 6.45) is 2.39. The standard InChI is InChI=1S/C24H30N4S2/c1-23(2)18-14-15-24(23,3)20(28-22(30)26-17-12-8-5-9-13-17)19(18)27-21(29)25-16-10-6-4-7-11-16/h4-13,18-20H,14-15H2,1-3H3,(H2,25,27,29)(H2,26,28,30)/t18-,19-,20-,24-/m1/s1. The predicted molar refractivity (Wildman–Crippen MR) is 134 cm³/mol. The Morgan fingerprint density at radius 3 is 1.83 bits per heavy atom. The van der Waals surface area contributed by atoms with Crippen LogP contribution in [0.4, 0.5) is 11.4 Å². The first-order valence-electron chi connectivity index (χ1n) is 10.6. The summed E-state index contributed by atoms with van der Waals surface area (Å²) in [7, 11) is 0. The van der Waals surface area contributed by atoms with Gasteiger partial charge in [-0.2, -0.15) is 0 Å². The molecule has 0 amide bonds. The molecule has 4 N–H and O–H groups in total. The van der Waals surface area contributed by atoms with Crippen LogP contribution in [0.1, 0.15) is 33.6 Å². The Balaban J connectivity index is 1.50. The molecule has 2 bridgehead atoms. The van der Waals surface area contributed by atoms with Crippen molar-refractivity contribution in [2.75, 3.05) is 10.6 Å². The second kappa shape index (κ2) is 8.16.